The molecule has 154 valence electrons. The second kappa shape index (κ2) is 9.71. The van der Waals surface area contributed by atoms with Crippen LogP contribution in [0.4, 0.5) is 10.5 Å². The van der Waals surface area contributed by atoms with E-state index in [0.717, 1.165) is 5.56 Å². The summed E-state index contributed by atoms with van der Waals surface area (Å²) < 4.78 is 5.52. The van der Waals surface area contributed by atoms with E-state index < -0.39 is 6.09 Å². The van der Waals surface area contributed by atoms with Gasteiger partial charge >= 0.3 is 6.09 Å². The van der Waals surface area contributed by atoms with E-state index in [9.17, 15) is 4.79 Å². The number of benzene rings is 3. The molecule has 0 saturated heterocycles. The van der Waals surface area contributed by atoms with E-state index >= 15 is 0 Å². The minimum atomic E-state index is -0.449. The molecule has 0 aliphatic heterocycles. The maximum absolute atomic E-state index is 12.2. The summed E-state index contributed by atoms with van der Waals surface area (Å²) in [6.07, 6.45) is 3.24. The normalized spacial score (nSPS) is 12.2. The first-order valence-electron chi connectivity index (χ1n) is 9.80. The van der Waals surface area contributed by atoms with Gasteiger partial charge < -0.3 is 10.1 Å². The van der Waals surface area contributed by atoms with Gasteiger partial charge in [-0.3, -0.25) is 0 Å². The maximum Gasteiger partial charge on any atom is 0.407 e. The lowest BCUT2D eigenvalue weighted by molar-refractivity contribution is 0.144. The van der Waals surface area contributed by atoms with E-state index in [1.54, 1.807) is 12.1 Å². The van der Waals surface area contributed by atoms with Crippen molar-refractivity contribution in [3.05, 3.63) is 94.5 Å². The number of rotatable bonds is 6. The van der Waals surface area contributed by atoms with Crippen LogP contribution < -0.4 is 5.32 Å². The first-order valence-corrected chi connectivity index (χ1v) is 10.6. The first-order chi connectivity index (χ1) is 15.2. The molecule has 4 rings (SSSR count). The van der Waals surface area contributed by atoms with Gasteiger partial charge in [0.05, 0.1) is 15.9 Å². The number of aliphatic imine (C=N–C) groups is 1. The van der Waals surface area contributed by atoms with Gasteiger partial charge in [-0.25, -0.2) is 4.79 Å². The number of carbonyl (C=O) groups is 1. The SMILES string of the molecule is O=C(NCC=Cc1ccc(N=C=S)c(Cl)c1)OCC1c2ccccc2-c2ccccc21. The molecule has 6 heteroatoms. The smallest absolute Gasteiger partial charge is 0.407 e. The Morgan fingerprint density at radius 3 is 2.42 bits per heavy atom. The number of nitrogens with zero attached hydrogens (tertiary/aromatic N) is 1. The number of alkyl carbamates (subject to hydrolysis) is 1. The van der Waals surface area contributed by atoms with Crippen LogP contribution in [0.2, 0.25) is 5.02 Å². The zero-order valence-electron chi connectivity index (χ0n) is 16.5. The highest BCUT2D eigenvalue weighted by molar-refractivity contribution is 7.78. The fraction of sp³-hybridized carbons (Fsp3) is 0.120. The van der Waals surface area contributed by atoms with Gasteiger partial charge in [-0.2, -0.15) is 4.99 Å². The Kier molecular flexibility index (Phi) is 6.58. The molecule has 0 saturated carbocycles. The fourth-order valence-electron chi connectivity index (χ4n) is 3.75. The van der Waals surface area contributed by atoms with Crippen LogP contribution in [0.15, 0.2) is 77.8 Å². The fourth-order valence-corrected chi connectivity index (χ4v) is 4.08. The Bertz CT molecular complexity index is 1160. The topological polar surface area (TPSA) is 50.7 Å². The molecule has 1 amide bonds. The quantitative estimate of drug-likeness (QED) is 0.341. The van der Waals surface area contributed by atoms with Crippen molar-refractivity contribution in [2.75, 3.05) is 13.2 Å². The predicted molar refractivity (Wildman–Crippen MR) is 128 cm³/mol. The van der Waals surface area contributed by atoms with Crippen LogP contribution in [0, 0.1) is 0 Å². The standard InChI is InChI=1S/C25H19ClN2O2S/c26-23-14-17(11-12-24(23)28-16-31)6-5-13-27-25(29)30-15-22-20-9-3-1-7-18(20)19-8-2-4-10-21(19)22/h1-12,14,22H,13,15H2,(H,27,29). The Labute approximate surface area is 191 Å². The molecule has 0 fully saturated rings. The highest BCUT2D eigenvalue weighted by atomic mass is 35.5. The zero-order chi connectivity index (χ0) is 21.6. The predicted octanol–water partition coefficient (Wildman–Crippen LogP) is 6.63. The average molecular weight is 447 g/mol. The van der Waals surface area contributed by atoms with Crippen LogP contribution in [0.25, 0.3) is 17.2 Å². The van der Waals surface area contributed by atoms with Crippen molar-refractivity contribution in [2.45, 2.75) is 5.92 Å². The van der Waals surface area contributed by atoms with Gasteiger partial charge in [0.15, 0.2) is 0 Å². The van der Waals surface area contributed by atoms with Crippen LogP contribution in [0.5, 0.6) is 0 Å². The molecule has 0 atom stereocenters. The maximum atomic E-state index is 12.2. The van der Waals surface area contributed by atoms with Crippen LogP contribution in [-0.2, 0) is 4.74 Å². The molecule has 1 N–H and O–H groups in total. The third-order valence-corrected chi connectivity index (χ3v) is 5.55. The van der Waals surface area contributed by atoms with Gasteiger partial charge in [0, 0.05) is 12.5 Å². The van der Waals surface area contributed by atoms with E-state index in [4.69, 9.17) is 16.3 Å². The summed E-state index contributed by atoms with van der Waals surface area (Å²) in [5.41, 5.74) is 6.25. The molecule has 0 bridgehead atoms. The van der Waals surface area contributed by atoms with Crippen molar-refractivity contribution in [1.29, 1.82) is 0 Å². The van der Waals surface area contributed by atoms with Crippen LogP contribution >= 0.6 is 23.8 Å². The second-order valence-corrected chi connectivity index (χ2v) is 7.61. The second-order valence-electron chi connectivity index (χ2n) is 7.02. The summed E-state index contributed by atoms with van der Waals surface area (Å²) in [5.74, 6) is 0.0457. The molecule has 1 aliphatic rings. The Hall–Kier alpha value is -3.24. The number of ether oxygens (including phenoxy) is 1. The number of thiocarbonyl (C=S) groups is 1. The van der Waals surface area contributed by atoms with Crippen LogP contribution in [0.1, 0.15) is 22.6 Å². The van der Waals surface area contributed by atoms with Crippen molar-refractivity contribution in [3.8, 4) is 11.1 Å². The van der Waals surface area contributed by atoms with E-state index in [0.29, 0.717) is 23.9 Å². The summed E-state index contributed by atoms with van der Waals surface area (Å²) in [6.45, 7) is 0.634. The number of fused-ring (bicyclic) bond motifs is 3. The lowest BCUT2D eigenvalue weighted by Gasteiger charge is -2.14. The summed E-state index contributed by atoms with van der Waals surface area (Å²) in [5, 5.41) is 5.53. The van der Waals surface area contributed by atoms with Crippen LogP contribution in [-0.4, -0.2) is 24.4 Å². The van der Waals surface area contributed by atoms with Gasteiger partial charge in [-0.1, -0.05) is 78.4 Å². The highest BCUT2D eigenvalue weighted by Crippen LogP contribution is 2.44. The monoisotopic (exact) mass is 446 g/mol. The number of halogens is 1. The summed E-state index contributed by atoms with van der Waals surface area (Å²) in [4.78, 5) is 16.1. The van der Waals surface area contributed by atoms with Gasteiger partial charge in [0.25, 0.3) is 0 Å². The molecule has 31 heavy (non-hydrogen) atoms. The van der Waals surface area contributed by atoms with Crippen molar-refractivity contribution < 1.29 is 9.53 Å². The van der Waals surface area contributed by atoms with E-state index in [-0.39, 0.29) is 5.92 Å². The lowest BCUT2D eigenvalue weighted by Crippen LogP contribution is -2.26. The van der Waals surface area contributed by atoms with E-state index in [1.165, 1.54) is 22.3 Å². The average Bonchev–Trinajstić information content (AvgIpc) is 3.11. The number of hydrogen-bond acceptors (Lipinski definition) is 4. The molecule has 0 aromatic heterocycles. The molecular formula is C25H19ClN2O2S. The summed E-state index contributed by atoms with van der Waals surface area (Å²) in [7, 11) is 0. The number of isothiocyanates is 1. The van der Waals surface area contributed by atoms with E-state index in [2.05, 4.69) is 52.0 Å². The first kappa shape index (κ1) is 21.0. The number of nitrogens with one attached hydrogen (secondary N) is 1. The third-order valence-electron chi connectivity index (χ3n) is 5.16. The molecular weight excluding hydrogens is 428 g/mol. The zero-order valence-corrected chi connectivity index (χ0v) is 18.1. The molecule has 0 radical (unpaired) electrons. The molecule has 0 unspecified atom stereocenters. The molecule has 0 spiro atoms. The number of hydrogen-bond donors (Lipinski definition) is 1. The van der Waals surface area contributed by atoms with E-state index in [1.807, 2.05) is 42.5 Å². The van der Waals surface area contributed by atoms with Crippen molar-refractivity contribution in [2.24, 2.45) is 4.99 Å². The number of carbonyl (C=O) groups excluding carboxylic acids is 1. The highest BCUT2D eigenvalue weighted by Gasteiger charge is 2.28. The Morgan fingerprint density at radius 1 is 1.10 bits per heavy atom. The van der Waals surface area contributed by atoms with Crippen LogP contribution in [0.3, 0.4) is 0 Å². The minimum Gasteiger partial charge on any atom is -0.449 e. The Morgan fingerprint density at radius 2 is 1.77 bits per heavy atom. The van der Waals surface area contributed by atoms with Gasteiger partial charge in [0.1, 0.15) is 6.61 Å². The molecule has 0 heterocycles. The van der Waals surface area contributed by atoms with Gasteiger partial charge in [0.2, 0.25) is 0 Å². The lowest BCUT2D eigenvalue weighted by atomic mass is 9.98. The van der Waals surface area contributed by atoms with Crippen molar-refractivity contribution >= 4 is 46.8 Å². The molecule has 3 aromatic carbocycles. The third kappa shape index (κ3) is 4.75. The minimum absolute atomic E-state index is 0.0457. The van der Waals surface area contributed by atoms with Crippen molar-refractivity contribution in [1.82, 2.24) is 5.32 Å². The van der Waals surface area contributed by atoms with Gasteiger partial charge in [-0.15, -0.1) is 0 Å². The van der Waals surface area contributed by atoms with Gasteiger partial charge in [-0.05, 0) is 52.2 Å². The summed E-state index contributed by atoms with van der Waals surface area (Å²) >= 11 is 10.7. The number of amides is 1. The largest absolute Gasteiger partial charge is 0.449 e. The Balaban J connectivity index is 1.32. The molecule has 3 aromatic rings. The summed E-state index contributed by atoms with van der Waals surface area (Å²) in [6, 6.07) is 21.9. The van der Waals surface area contributed by atoms with Crippen molar-refractivity contribution in [3.63, 3.8) is 0 Å². The molecule has 1 aliphatic carbocycles. The molecule has 4 nitrogen and oxygen atoms in total.